The van der Waals surface area contributed by atoms with Crippen molar-refractivity contribution in [2.75, 3.05) is 25.0 Å². The molecule has 1 amide bonds. The average molecular weight is 644 g/mol. The van der Waals surface area contributed by atoms with E-state index in [9.17, 15) is 18.3 Å². The number of amides is 1. The van der Waals surface area contributed by atoms with Crippen molar-refractivity contribution in [1.29, 1.82) is 0 Å². The lowest BCUT2D eigenvalue weighted by atomic mass is 9.86. The third-order valence-electron chi connectivity index (χ3n) is 8.73. The molecular formula is C37H42FN3O4S. The summed E-state index contributed by atoms with van der Waals surface area (Å²) in [7, 11) is -3.79. The van der Waals surface area contributed by atoms with Crippen molar-refractivity contribution in [3.05, 3.63) is 132 Å². The number of aliphatic hydroxyl groups excluding tert-OH is 1. The van der Waals surface area contributed by atoms with E-state index in [1.54, 1.807) is 36.4 Å². The Kier molecular flexibility index (Phi) is 10.4. The first-order valence-corrected chi connectivity index (χ1v) is 17.1. The summed E-state index contributed by atoms with van der Waals surface area (Å²) in [5, 5.41) is 14.2. The zero-order valence-corrected chi connectivity index (χ0v) is 27.3. The fraction of sp³-hybridized carbons (Fsp3) is 0.324. The maximum atomic E-state index is 15.5. The van der Waals surface area contributed by atoms with Crippen molar-refractivity contribution in [3.8, 4) is 0 Å². The Bertz CT molecular complexity index is 1670. The number of anilines is 1. The maximum absolute atomic E-state index is 15.5. The minimum atomic E-state index is -3.79. The van der Waals surface area contributed by atoms with Gasteiger partial charge in [0.2, 0.25) is 10.0 Å². The Morgan fingerprint density at radius 1 is 0.870 bits per heavy atom. The van der Waals surface area contributed by atoms with Gasteiger partial charge in [-0.15, -0.1) is 0 Å². The maximum Gasteiger partial charge on any atom is 0.254 e. The number of nitrogens with one attached hydrogen (secondary N) is 1. The second-order valence-electron chi connectivity index (χ2n) is 12.7. The van der Waals surface area contributed by atoms with E-state index < -0.39 is 39.8 Å². The number of hydrogen-bond acceptors (Lipinski definition) is 5. The van der Waals surface area contributed by atoms with Gasteiger partial charge in [-0.1, -0.05) is 84.9 Å². The van der Waals surface area contributed by atoms with Crippen molar-refractivity contribution < 1.29 is 22.7 Å². The van der Waals surface area contributed by atoms with Crippen LogP contribution in [0.15, 0.2) is 114 Å². The van der Waals surface area contributed by atoms with Crippen LogP contribution in [0.5, 0.6) is 0 Å². The highest BCUT2D eigenvalue weighted by atomic mass is 32.2. The summed E-state index contributed by atoms with van der Waals surface area (Å²) in [6.07, 6.45) is -0.935. The molecule has 9 heteroatoms. The van der Waals surface area contributed by atoms with Crippen LogP contribution in [0.2, 0.25) is 0 Å². The molecule has 4 aromatic rings. The summed E-state index contributed by atoms with van der Waals surface area (Å²) >= 11 is 0. The molecule has 1 aliphatic heterocycles. The molecule has 1 unspecified atom stereocenters. The van der Waals surface area contributed by atoms with Crippen molar-refractivity contribution >= 4 is 21.6 Å². The van der Waals surface area contributed by atoms with E-state index in [2.05, 4.69) is 31.0 Å². The zero-order valence-electron chi connectivity index (χ0n) is 26.5. The van der Waals surface area contributed by atoms with Crippen LogP contribution >= 0.6 is 0 Å². The van der Waals surface area contributed by atoms with E-state index in [1.807, 2.05) is 60.7 Å². The van der Waals surface area contributed by atoms with E-state index in [0.29, 0.717) is 26.1 Å². The molecule has 0 radical (unpaired) electrons. The van der Waals surface area contributed by atoms with Gasteiger partial charge in [0.1, 0.15) is 11.9 Å². The minimum absolute atomic E-state index is 0.178. The lowest BCUT2D eigenvalue weighted by Crippen LogP contribution is -2.59. The van der Waals surface area contributed by atoms with Gasteiger partial charge in [0, 0.05) is 48.4 Å². The summed E-state index contributed by atoms with van der Waals surface area (Å²) in [5.74, 6) is -1.80. The molecule has 1 saturated heterocycles. The van der Waals surface area contributed by atoms with Crippen LogP contribution in [-0.2, 0) is 21.2 Å². The number of carbonyl (C=O) groups is 1. The Balaban J connectivity index is 1.39. The smallest absolute Gasteiger partial charge is 0.254 e. The highest BCUT2D eigenvalue weighted by Gasteiger charge is 2.39. The van der Waals surface area contributed by atoms with Crippen LogP contribution in [-0.4, -0.2) is 66.0 Å². The lowest BCUT2D eigenvalue weighted by molar-refractivity contribution is -0.124. The first kappa shape index (κ1) is 33.5. The second kappa shape index (κ2) is 14.3. The Morgan fingerprint density at radius 2 is 1.43 bits per heavy atom. The molecule has 1 fully saturated rings. The molecule has 2 N–H and O–H groups in total. The quantitative estimate of drug-likeness (QED) is 0.219. The molecule has 0 bridgehead atoms. The molecule has 1 aliphatic rings. The fourth-order valence-corrected chi connectivity index (χ4v) is 7.86. The lowest BCUT2D eigenvalue weighted by Gasteiger charge is -2.46. The summed E-state index contributed by atoms with van der Waals surface area (Å²) in [4.78, 5) is 16.1. The predicted molar refractivity (Wildman–Crippen MR) is 180 cm³/mol. The Morgan fingerprint density at radius 3 is 2.00 bits per heavy atom. The van der Waals surface area contributed by atoms with Gasteiger partial charge in [-0.05, 0) is 69.0 Å². The van der Waals surface area contributed by atoms with Crippen LogP contribution in [0.3, 0.4) is 0 Å². The third-order valence-corrected chi connectivity index (χ3v) is 10.7. The van der Waals surface area contributed by atoms with Crippen LogP contribution < -0.4 is 5.32 Å². The number of hydrogen-bond donors (Lipinski definition) is 2. The summed E-state index contributed by atoms with van der Waals surface area (Å²) < 4.78 is 44.5. The number of halogens is 1. The molecule has 5 rings (SSSR count). The van der Waals surface area contributed by atoms with Crippen molar-refractivity contribution in [1.82, 2.24) is 9.21 Å². The van der Waals surface area contributed by atoms with E-state index in [0.717, 1.165) is 11.1 Å². The molecule has 0 aromatic heterocycles. The van der Waals surface area contributed by atoms with Gasteiger partial charge in [0.25, 0.3) is 5.91 Å². The highest BCUT2D eigenvalue weighted by Crippen LogP contribution is 2.31. The van der Waals surface area contributed by atoms with Crippen molar-refractivity contribution in [2.24, 2.45) is 0 Å². The van der Waals surface area contributed by atoms with Gasteiger partial charge >= 0.3 is 0 Å². The Hall–Kier alpha value is -3.89. The molecule has 7 nitrogen and oxygen atoms in total. The largest absolute Gasteiger partial charge is 0.382 e. The van der Waals surface area contributed by atoms with Crippen LogP contribution in [0.4, 0.5) is 10.1 Å². The summed E-state index contributed by atoms with van der Waals surface area (Å²) in [6, 6.07) is 31.0. The molecule has 242 valence electrons. The first-order valence-electron chi connectivity index (χ1n) is 15.6. The molecule has 2 atom stereocenters. The normalized spacial score (nSPS) is 17.1. The average Bonchev–Trinajstić information content (AvgIpc) is 3.05. The van der Waals surface area contributed by atoms with Crippen molar-refractivity contribution in [3.63, 3.8) is 0 Å². The molecule has 0 spiro atoms. The van der Waals surface area contributed by atoms with E-state index in [4.69, 9.17) is 0 Å². The predicted octanol–water partition coefficient (Wildman–Crippen LogP) is 6.06. The molecular weight excluding hydrogens is 601 g/mol. The molecule has 0 saturated carbocycles. The van der Waals surface area contributed by atoms with Gasteiger partial charge in [0.15, 0.2) is 0 Å². The van der Waals surface area contributed by atoms with Crippen LogP contribution in [0.25, 0.3) is 0 Å². The number of carbonyl (C=O) groups excluding carboxylic acids is 1. The number of sulfonamides is 1. The van der Waals surface area contributed by atoms with Gasteiger partial charge in [-0.25, -0.2) is 12.8 Å². The molecule has 1 heterocycles. The van der Waals surface area contributed by atoms with Crippen LogP contribution in [0.1, 0.15) is 49.8 Å². The number of nitrogens with zero attached hydrogens (tertiary/aromatic N) is 2. The fourth-order valence-electron chi connectivity index (χ4n) is 6.20. The monoisotopic (exact) mass is 643 g/mol. The summed E-state index contributed by atoms with van der Waals surface area (Å²) in [5.41, 5.74) is 1.89. The third kappa shape index (κ3) is 7.56. The minimum Gasteiger partial charge on any atom is -0.382 e. The molecule has 46 heavy (non-hydrogen) atoms. The highest BCUT2D eigenvalue weighted by molar-refractivity contribution is 7.89. The molecule has 4 aromatic carbocycles. The van der Waals surface area contributed by atoms with Crippen molar-refractivity contribution in [2.45, 2.75) is 62.1 Å². The first-order chi connectivity index (χ1) is 22.0. The second-order valence-corrected chi connectivity index (χ2v) is 14.6. The Labute approximate surface area is 271 Å². The zero-order chi connectivity index (χ0) is 32.9. The van der Waals surface area contributed by atoms with Crippen LogP contribution in [0, 0.1) is 5.82 Å². The van der Waals surface area contributed by atoms with E-state index >= 15 is 4.39 Å². The topological polar surface area (TPSA) is 90.0 Å². The number of rotatable bonds is 10. The number of aliphatic hydroxyl groups is 1. The van der Waals surface area contributed by atoms with Gasteiger partial charge in [-0.3, -0.25) is 9.69 Å². The SMILES string of the molecule is CC(C)(C)N1CCN(S(=O)(=O)c2ccccc2)[C@@H](CCc2c(F)cccc2NC(=O)C(O)C(c2ccccc2)c2ccccc2)C1. The number of piperazine rings is 1. The van der Waals surface area contributed by atoms with Gasteiger partial charge in [0.05, 0.1) is 4.90 Å². The number of benzene rings is 4. The molecule has 0 aliphatic carbocycles. The standard InChI is InChI=1S/C37H42FN3O4S/c1-37(2,3)40-24-25-41(46(44,45)30-18-11-6-12-19-30)29(26-40)22-23-31-32(38)20-13-21-33(31)39-36(43)35(42)34(27-14-7-4-8-15-27)28-16-9-5-10-17-28/h4-21,29,34-35,42H,22-26H2,1-3H3,(H,39,43)/t29-,35?/m0/s1. The van der Waals surface area contributed by atoms with Gasteiger partial charge in [-0.2, -0.15) is 4.31 Å². The van der Waals surface area contributed by atoms with Gasteiger partial charge < -0.3 is 10.4 Å². The van der Waals surface area contributed by atoms with E-state index in [-0.39, 0.29) is 28.1 Å². The van der Waals surface area contributed by atoms with E-state index in [1.165, 1.54) is 16.4 Å². The summed E-state index contributed by atoms with van der Waals surface area (Å²) in [6.45, 7) is 7.67.